The van der Waals surface area contributed by atoms with Gasteiger partial charge in [-0.1, -0.05) is 146 Å². The lowest BCUT2D eigenvalue weighted by atomic mass is 9.67. The number of carbonyl (C=O) groups is 1. The summed E-state index contributed by atoms with van der Waals surface area (Å²) in [4.78, 5) is 14.7. The molecular weight excluding hydrogens is 531 g/mol. The zero-order chi connectivity index (χ0) is 28.7. The van der Waals surface area contributed by atoms with Gasteiger partial charge in [-0.25, -0.2) is 4.79 Å². The molecule has 6 aromatic carbocycles. The molecule has 0 saturated heterocycles. The third kappa shape index (κ3) is 5.18. The summed E-state index contributed by atoms with van der Waals surface area (Å²) >= 11 is 0. The molecule has 6 aromatic rings. The second-order valence-electron chi connectivity index (χ2n) is 10.3. The molecule has 0 saturated carbocycles. The highest BCUT2D eigenvalue weighted by Crippen LogP contribution is 2.57. The van der Waals surface area contributed by atoms with Crippen LogP contribution in [0.1, 0.15) is 23.1 Å². The van der Waals surface area contributed by atoms with Gasteiger partial charge in [-0.15, -0.1) is 0 Å². The standard InChI is InChI=1S/C39H32O2P/c40-38(31-39(32-19-7-1-8-20-32,33-21-9-2-10-22-33)34-23-11-3-12-24-34)41-42(35-25-13-4-14-26-35,36-27-15-5-16-28-36)37-29-17-6-18-30-37/h1-30H,31H2/q+1. The van der Waals surface area contributed by atoms with Crippen molar-refractivity contribution in [2.24, 2.45) is 0 Å². The van der Waals surface area contributed by atoms with Crippen LogP contribution in [0.4, 0.5) is 0 Å². The smallest absolute Gasteiger partial charge is 0.297 e. The van der Waals surface area contributed by atoms with Gasteiger partial charge in [0.2, 0.25) is 0 Å². The Morgan fingerprint density at radius 3 is 0.976 bits per heavy atom. The summed E-state index contributed by atoms with van der Waals surface area (Å²) in [6.45, 7) is 0. The molecule has 6 rings (SSSR count). The Hall–Kier alpha value is -4.78. The Balaban J connectivity index is 1.55. The molecule has 0 N–H and O–H groups in total. The van der Waals surface area contributed by atoms with E-state index in [1.165, 1.54) is 0 Å². The molecule has 204 valence electrons. The highest BCUT2D eigenvalue weighted by atomic mass is 31.2. The average Bonchev–Trinajstić information content (AvgIpc) is 3.08. The van der Waals surface area contributed by atoms with Gasteiger partial charge >= 0.3 is 5.97 Å². The van der Waals surface area contributed by atoms with E-state index in [0.717, 1.165) is 32.6 Å². The van der Waals surface area contributed by atoms with E-state index in [1.54, 1.807) is 0 Å². The first-order valence-corrected chi connectivity index (χ1v) is 15.9. The van der Waals surface area contributed by atoms with Crippen molar-refractivity contribution >= 4 is 29.4 Å². The van der Waals surface area contributed by atoms with Crippen LogP contribution >= 0.6 is 7.49 Å². The second kappa shape index (κ2) is 12.4. The summed E-state index contributed by atoms with van der Waals surface area (Å²) in [7, 11) is -2.82. The maximum atomic E-state index is 14.7. The molecule has 0 fully saturated rings. The van der Waals surface area contributed by atoms with Crippen LogP contribution in [0.3, 0.4) is 0 Å². The first kappa shape index (κ1) is 27.4. The van der Waals surface area contributed by atoms with Gasteiger partial charge in [0.05, 0.1) is 11.8 Å². The van der Waals surface area contributed by atoms with E-state index in [4.69, 9.17) is 4.52 Å². The van der Waals surface area contributed by atoms with Gasteiger partial charge in [-0.3, -0.25) is 4.52 Å². The minimum atomic E-state index is -2.82. The van der Waals surface area contributed by atoms with Crippen LogP contribution in [0, 0.1) is 0 Å². The predicted octanol–water partition coefficient (Wildman–Crippen LogP) is 7.86. The Bertz CT molecular complexity index is 1380. The van der Waals surface area contributed by atoms with Crippen molar-refractivity contribution in [1.82, 2.24) is 0 Å². The third-order valence-corrected chi connectivity index (χ3v) is 11.4. The molecule has 0 aromatic heterocycles. The SMILES string of the molecule is O=C(CC(c1ccccc1)(c1ccccc1)c1ccccc1)O[P+](c1ccccc1)(c1ccccc1)c1ccccc1. The molecule has 0 amide bonds. The number of hydrogen-bond acceptors (Lipinski definition) is 2. The van der Waals surface area contributed by atoms with E-state index in [2.05, 4.69) is 72.8 Å². The summed E-state index contributed by atoms with van der Waals surface area (Å²) < 4.78 is 6.99. The lowest BCUT2D eigenvalue weighted by Gasteiger charge is -2.35. The van der Waals surface area contributed by atoms with Crippen LogP contribution < -0.4 is 15.9 Å². The zero-order valence-corrected chi connectivity index (χ0v) is 24.2. The van der Waals surface area contributed by atoms with Gasteiger partial charge in [0.25, 0.3) is 7.49 Å². The molecule has 2 nitrogen and oxygen atoms in total. The first-order valence-electron chi connectivity index (χ1n) is 14.2. The van der Waals surface area contributed by atoms with Crippen LogP contribution in [0.15, 0.2) is 182 Å². The van der Waals surface area contributed by atoms with Crippen molar-refractivity contribution in [3.05, 3.63) is 199 Å². The largest absolute Gasteiger partial charge is 0.353 e. The summed E-state index contributed by atoms with van der Waals surface area (Å²) in [6.07, 6.45) is 0.138. The fraction of sp³-hybridized carbons (Fsp3) is 0.0513. The van der Waals surface area contributed by atoms with E-state index in [9.17, 15) is 4.79 Å². The van der Waals surface area contributed by atoms with Crippen LogP contribution in [0.5, 0.6) is 0 Å². The van der Waals surface area contributed by atoms with Gasteiger partial charge in [-0.2, -0.15) is 0 Å². The minimum Gasteiger partial charge on any atom is -0.297 e. The van der Waals surface area contributed by atoms with Crippen molar-refractivity contribution in [2.75, 3.05) is 0 Å². The van der Waals surface area contributed by atoms with E-state index in [0.29, 0.717) is 0 Å². The zero-order valence-electron chi connectivity index (χ0n) is 23.3. The molecular formula is C39H32O2P+. The lowest BCUT2D eigenvalue weighted by Crippen LogP contribution is -2.37. The third-order valence-electron chi connectivity index (χ3n) is 7.81. The van der Waals surface area contributed by atoms with Crippen molar-refractivity contribution < 1.29 is 9.32 Å². The summed E-state index contributed by atoms with van der Waals surface area (Å²) in [6, 6.07) is 61.6. The molecule has 0 radical (unpaired) electrons. The van der Waals surface area contributed by atoms with Crippen LogP contribution in [-0.4, -0.2) is 5.97 Å². The molecule has 0 atom stereocenters. The molecule has 0 aliphatic heterocycles. The van der Waals surface area contributed by atoms with E-state index >= 15 is 0 Å². The van der Waals surface area contributed by atoms with Gasteiger partial charge in [0.1, 0.15) is 15.9 Å². The topological polar surface area (TPSA) is 26.3 Å². The summed E-state index contributed by atoms with van der Waals surface area (Å²) in [5, 5.41) is 3.00. The number of carbonyl (C=O) groups excluding carboxylic acids is 1. The lowest BCUT2D eigenvalue weighted by molar-refractivity contribution is -0.134. The fourth-order valence-electron chi connectivity index (χ4n) is 5.89. The average molecular weight is 564 g/mol. The van der Waals surface area contributed by atoms with Gasteiger partial charge in [0.15, 0.2) is 0 Å². The Labute approximate surface area is 248 Å². The normalized spacial score (nSPS) is 11.5. The van der Waals surface area contributed by atoms with Gasteiger partial charge < -0.3 is 0 Å². The van der Waals surface area contributed by atoms with Crippen molar-refractivity contribution in [2.45, 2.75) is 11.8 Å². The van der Waals surface area contributed by atoms with Gasteiger partial charge in [-0.05, 0) is 53.1 Å². The highest BCUT2D eigenvalue weighted by molar-refractivity contribution is 7.92. The molecule has 42 heavy (non-hydrogen) atoms. The first-order chi connectivity index (χ1) is 20.7. The number of hydrogen-bond donors (Lipinski definition) is 0. The van der Waals surface area contributed by atoms with Crippen molar-refractivity contribution in [3.63, 3.8) is 0 Å². The maximum absolute atomic E-state index is 14.7. The highest BCUT2D eigenvalue weighted by Gasteiger charge is 2.52. The number of rotatable bonds is 9. The Morgan fingerprint density at radius 2 is 0.690 bits per heavy atom. The molecule has 0 spiro atoms. The predicted molar refractivity (Wildman–Crippen MR) is 175 cm³/mol. The quantitative estimate of drug-likeness (QED) is 0.132. The summed E-state index contributed by atoms with van der Waals surface area (Å²) in [5.41, 5.74) is 2.38. The van der Waals surface area contributed by atoms with Crippen LogP contribution in [-0.2, 0) is 14.7 Å². The maximum Gasteiger partial charge on any atom is 0.353 e. The molecule has 0 aliphatic carbocycles. The summed E-state index contributed by atoms with van der Waals surface area (Å²) in [5.74, 6) is -0.253. The second-order valence-corrected chi connectivity index (χ2v) is 13.2. The monoisotopic (exact) mass is 563 g/mol. The molecule has 0 aliphatic rings. The van der Waals surface area contributed by atoms with E-state index in [1.807, 2.05) is 109 Å². The number of benzene rings is 6. The Morgan fingerprint density at radius 1 is 0.429 bits per heavy atom. The van der Waals surface area contributed by atoms with Crippen LogP contribution in [0.2, 0.25) is 0 Å². The Kier molecular flexibility index (Phi) is 8.08. The van der Waals surface area contributed by atoms with Crippen molar-refractivity contribution in [3.8, 4) is 0 Å². The van der Waals surface area contributed by atoms with E-state index in [-0.39, 0.29) is 12.4 Å². The van der Waals surface area contributed by atoms with E-state index < -0.39 is 12.9 Å². The van der Waals surface area contributed by atoms with Crippen molar-refractivity contribution in [1.29, 1.82) is 0 Å². The molecule has 3 heteroatoms. The molecule has 0 heterocycles. The molecule has 0 bridgehead atoms. The van der Waals surface area contributed by atoms with Crippen LogP contribution in [0.25, 0.3) is 0 Å². The molecule has 0 unspecified atom stereocenters. The van der Waals surface area contributed by atoms with Gasteiger partial charge in [0, 0.05) is 0 Å². The fourth-order valence-corrected chi connectivity index (χ4v) is 9.25. The minimum absolute atomic E-state index is 0.138.